The van der Waals surface area contributed by atoms with Crippen LogP contribution >= 0.6 is 0 Å². The van der Waals surface area contributed by atoms with Crippen LogP contribution in [0.1, 0.15) is 32.1 Å². The molecule has 110 valence electrons. The molecule has 1 aliphatic rings. The van der Waals surface area contributed by atoms with E-state index in [0.717, 1.165) is 12.8 Å². The van der Waals surface area contributed by atoms with Crippen molar-refractivity contribution in [2.24, 2.45) is 0 Å². The molecular weight excluding hydrogens is 262 g/mol. The van der Waals surface area contributed by atoms with Crippen LogP contribution in [0.4, 0.5) is 0 Å². The van der Waals surface area contributed by atoms with Crippen LogP contribution in [0.3, 0.4) is 0 Å². The van der Waals surface area contributed by atoms with E-state index in [9.17, 15) is 9.59 Å². The highest BCUT2D eigenvalue weighted by atomic mass is 16.5. The first-order chi connectivity index (χ1) is 9.63. The summed E-state index contributed by atoms with van der Waals surface area (Å²) in [6.45, 7) is -0.299. The van der Waals surface area contributed by atoms with E-state index in [2.05, 4.69) is 10.4 Å². The standard InChI is InChI=1S/C13H19N3O4/c17-12(15-10-4-2-1-3-5-10)8-16-7-11(6-14-16)20-9-13(18)19/h6-7,10H,1-5,8-9H2,(H,15,17)(H,18,19). The first kappa shape index (κ1) is 14.4. The minimum absolute atomic E-state index is 0.0789. The third-order valence-electron chi connectivity index (χ3n) is 3.25. The number of nitrogens with one attached hydrogen (secondary N) is 1. The monoisotopic (exact) mass is 281 g/mol. The van der Waals surface area contributed by atoms with Gasteiger partial charge < -0.3 is 15.2 Å². The molecule has 1 aliphatic carbocycles. The van der Waals surface area contributed by atoms with E-state index in [1.165, 1.54) is 36.3 Å². The van der Waals surface area contributed by atoms with Gasteiger partial charge in [-0.25, -0.2) is 4.79 Å². The summed E-state index contributed by atoms with van der Waals surface area (Å²) in [5.74, 6) is -0.782. The van der Waals surface area contributed by atoms with Crippen molar-refractivity contribution in [2.75, 3.05) is 6.61 Å². The number of aromatic nitrogens is 2. The third kappa shape index (κ3) is 4.56. The van der Waals surface area contributed by atoms with Crippen LogP contribution in [0.2, 0.25) is 0 Å². The molecule has 0 spiro atoms. The van der Waals surface area contributed by atoms with Gasteiger partial charge in [-0.2, -0.15) is 5.10 Å². The maximum absolute atomic E-state index is 11.8. The van der Waals surface area contributed by atoms with Gasteiger partial charge in [-0.15, -0.1) is 0 Å². The zero-order valence-electron chi connectivity index (χ0n) is 11.2. The molecule has 7 heteroatoms. The van der Waals surface area contributed by atoms with Crippen LogP contribution in [0.15, 0.2) is 12.4 Å². The van der Waals surface area contributed by atoms with Crippen LogP contribution < -0.4 is 10.1 Å². The average Bonchev–Trinajstić information content (AvgIpc) is 2.85. The van der Waals surface area contributed by atoms with Crippen molar-refractivity contribution in [2.45, 2.75) is 44.7 Å². The van der Waals surface area contributed by atoms with Crippen molar-refractivity contribution in [1.29, 1.82) is 0 Å². The Balaban J connectivity index is 1.77. The number of hydrogen-bond donors (Lipinski definition) is 2. The number of amides is 1. The topological polar surface area (TPSA) is 93.4 Å². The number of nitrogens with zero attached hydrogens (tertiary/aromatic N) is 2. The molecule has 1 amide bonds. The molecular formula is C13H19N3O4. The quantitative estimate of drug-likeness (QED) is 0.804. The second-order valence-electron chi connectivity index (χ2n) is 4.96. The molecule has 1 saturated carbocycles. The fourth-order valence-corrected chi connectivity index (χ4v) is 2.32. The van der Waals surface area contributed by atoms with Gasteiger partial charge in [0.2, 0.25) is 5.91 Å². The predicted molar refractivity (Wildman–Crippen MR) is 70.4 cm³/mol. The fourth-order valence-electron chi connectivity index (χ4n) is 2.32. The minimum atomic E-state index is -1.05. The number of rotatable bonds is 6. The fraction of sp³-hybridized carbons (Fsp3) is 0.615. The number of carbonyl (C=O) groups is 2. The zero-order chi connectivity index (χ0) is 14.4. The zero-order valence-corrected chi connectivity index (χ0v) is 11.2. The minimum Gasteiger partial charge on any atom is -0.479 e. The largest absolute Gasteiger partial charge is 0.479 e. The molecule has 0 bridgehead atoms. The van der Waals surface area contributed by atoms with Crippen LogP contribution in [0.5, 0.6) is 5.75 Å². The molecule has 20 heavy (non-hydrogen) atoms. The summed E-state index contributed by atoms with van der Waals surface area (Å²) in [5.41, 5.74) is 0. The van der Waals surface area contributed by atoms with Crippen molar-refractivity contribution in [3.05, 3.63) is 12.4 Å². The van der Waals surface area contributed by atoms with Crippen LogP contribution in [-0.4, -0.2) is 39.4 Å². The first-order valence-corrected chi connectivity index (χ1v) is 6.80. The van der Waals surface area contributed by atoms with Crippen molar-refractivity contribution < 1.29 is 19.4 Å². The van der Waals surface area contributed by atoms with Crippen molar-refractivity contribution in [1.82, 2.24) is 15.1 Å². The number of carboxylic acids is 1. The molecule has 2 N–H and O–H groups in total. The SMILES string of the molecule is O=C(O)COc1cnn(CC(=O)NC2CCCCC2)c1. The van der Waals surface area contributed by atoms with E-state index in [1.54, 1.807) is 0 Å². The predicted octanol–water partition coefficient (Wildman–Crippen LogP) is 0.795. The molecule has 0 atom stereocenters. The lowest BCUT2D eigenvalue weighted by atomic mass is 9.95. The Morgan fingerprint density at radius 2 is 2.15 bits per heavy atom. The average molecular weight is 281 g/mol. The Bertz CT molecular complexity index is 466. The summed E-state index contributed by atoms with van der Waals surface area (Å²) < 4.78 is 6.40. The molecule has 1 fully saturated rings. The van der Waals surface area contributed by atoms with Gasteiger partial charge in [0.1, 0.15) is 6.54 Å². The van der Waals surface area contributed by atoms with Crippen molar-refractivity contribution in [3.8, 4) is 5.75 Å². The van der Waals surface area contributed by atoms with E-state index < -0.39 is 12.6 Å². The van der Waals surface area contributed by atoms with E-state index >= 15 is 0 Å². The third-order valence-corrected chi connectivity index (χ3v) is 3.25. The maximum Gasteiger partial charge on any atom is 0.341 e. The Labute approximate surface area is 116 Å². The molecule has 1 heterocycles. The van der Waals surface area contributed by atoms with Gasteiger partial charge in [-0.05, 0) is 12.8 Å². The molecule has 2 rings (SSSR count). The molecule has 0 saturated heterocycles. The summed E-state index contributed by atoms with van der Waals surface area (Å²) in [6, 6.07) is 0.273. The van der Waals surface area contributed by atoms with E-state index in [1.807, 2.05) is 0 Å². The maximum atomic E-state index is 11.8. The Morgan fingerprint density at radius 1 is 1.40 bits per heavy atom. The lowest BCUT2D eigenvalue weighted by Crippen LogP contribution is -2.38. The molecule has 7 nitrogen and oxygen atoms in total. The highest BCUT2D eigenvalue weighted by Crippen LogP contribution is 2.17. The highest BCUT2D eigenvalue weighted by Gasteiger charge is 2.16. The summed E-state index contributed by atoms with van der Waals surface area (Å²) in [6.07, 6.45) is 8.57. The summed E-state index contributed by atoms with van der Waals surface area (Å²) in [7, 11) is 0. The number of hydrogen-bond acceptors (Lipinski definition) is 4. The number of ether oxygens (including phenoxy) is 1. The normalized spacial score (nSPS) is 15.8. The Hall–Kier alpha value is -2.05. The van der Waals surface area contributed by atoms with Crippen LogP contribution in [-0.2, 0) is 16.1 Å². The van der Waals surface area contributed by atoms with E-state index in [-0.39, 0.29) is 18.5 Å². The van der Waals surface area contributed by atoms with Crippen LogP contribution in [0.25, 0.3) is 0 Å². The molecule has 0 radical (unpaired) electrons. The Kier molecular flexibility index (Phi) is 4.97. The summed E-state index contributed by atoms with van der Waals surface area (Å²) in [4.78, 5) is 22.2. The van der Waals surface area contributed by atoms with Crippen LogP contribution in [0, 0.1) is 0 Å². The van der Waals surface area contributed by atoms with Crippen molar-refractivity contribution in [3.63, 3.8) is 0 Å². The Morgan fingerprint density at radius 3 is 2.85 bits per heavy atom. The second kappa shape index (κ2) is 6.93. The molecule has 1 aromatic heterocycles. The molecule has 0 aromatic carbocycles. The van der Waals surface area contributed by atoms with Gasteiger partial charge in [-0.3, -0.25) is 9.48 Å². The van der Waals surface area contributed by atoms with Crippen molar-refractivity contribution >= 4 is 11.9 Å². The lowest BCUT2D eigenvalue weighted by Gasteiger charge is -2.22. The molecule has 1 aromatic rings. The lowest BCUT2D eigenvalue weighted by molar-refractivity contribution is -0.139. The van der Waals surface area contributed by atoms with Gasteiger partial charge >= 0.3 is 5.97 Å². The highest BCUT2D eigenvalue weighted by molar-refractivity contribution is 5.76. The molecule has 0 aliphatic heterocycles. The summed E-state index contributed by atoms with van der Waals surface area (Å²) >= 11 is 0. The van der Waals surface area contributed by atoms with Gasteiger partial charge in [-0.1, -0.05) is 19.3 Å². The van der Waals surface area contributed by atoms with E-state index in [4.69, 9.17) is 9.84 Å². The number of carboxylic acid groups (broad SMARTS) is 1. The summed E-state index contributed by atoms with van der Waals surface area (Å²) in [5, 5.41) is 15.5. The second-order valence-corrected chi connectivity index (χ2v) is 4.96. The van der Waals surface area contributed by atoms with Gasteiger partial charge in [0, 0.05) is 6.04 Å². The smallest absolute Gasteiger partial charge is 0.341 e. The number of aliphatic carboxylic acids is 1. The van der Waals surface area contributed by atoms with Gasteiger partial charge in [0.25, 0.3) is 0 Å². The number of carbonyl (C=O) groups excluding carboxylic acids is 1. The van der Waals surface area contributed by atoms with E-state index in [0.29, 0.717) is 5.75 Å². The van der Waals surface area contributed by atoms with Gasteiger partial charge in [0.05, 0.1) is 12.4 Å². The molecule has 0 unspecified atom stereocenters. The van der Waals surface area contributed by atoms with Gasteiger partial charge in [0.15, 0.2) is 12.4 Å². The first-order valence-electron chi connectivity index (χ1n) is 6.80.